The molecule has 4 heteroatoms. The summed E-state index contributed by atoms with van der Waals surface area (Å²) in [6.07, 6.45) is 2.80. The monoisotopic (exact) mass is 347 g/mol. The SMILES string of the molecule is Cc1ccc(C)c(-n2cc(CN3CC[C@@H](O)C3)c(-c3ccccc3)n2)c1. The number of benzene rings is 2. The van der Waals surface area contributed by atoms with Gasteiger partial charge in [0.25, 0.3) is 0 Å². The molecule has 0 bridgehead atoms. The number of nitrogens with zero attached hydrogens (tertiary/aromatic N) is 3. The fourth-order valence-electron chi connectivity index (χ4n) is 3.65. The van der Waals surface area contributed by atoms with Gasteiger partial charge in [0.15, 0.2) is 0 Å². The average molecular weight is 347 g/mol. The highest BCUT2D eigenvalue weighted by molar-refractivity contribution is 5.63. The first-order valence-corrected chi connectivity index (χ1v) is 9.22. The topological polar surface area (TPSA) is 41.3 Å². The molecule has 1 aliphatic rings. The first-order valence-electron chi connectivity index (χ1n) is 9.22. The van der Waals surface area contributed by atoms with E-state index >= 15 is 0 Å². The number of hydrogen-bond acceptors (Lipinski definition) is 3. The van der Waals surface area contributed by atoms with Crippen molar-refractivity contribution in [3.05, 3.63) is 71.4 Å². The summed E-state index contributed by atoms with van der Waals surface area (Å²) in [5.74, 6) is 0. The third-order valence-electron chi connectivity index (χ3n) is 5.09. The molecule has 0 radical (unpaired) electrons. The minimum atomic E-state index is -0.204. The molecule has 1 N–H and O–H groups in total. The van der Waals surface area contributed by atoms with Gasteiger partial charge in [-0.3, -0.25) is 4.90 Å². The van der Waals surface area contributed by atoms with Crippen molar-refractivity contribution in [2.45, 2.75) is 32.9 Å². The van der Waals surface area contributed by atoms with Crippen LogP contribution in [0.2, 0.25) is 0 Å². The van der Waals surface area contributed by atoms with Crippen LogP contribution < -0.4 is 0 Å². The number of aliphatic hydroxyl groups is 1. The van der Waals surface area contributed by atoms with Crippen LogP contribution in [0, 0.1) is 13.8 Å². The van der Waals surface area contributed by atoms with E-state index in [0.717, 1.165) is 43.0 Å². The van der Waals surface area contributed by atoms with Crippen molar-refractivity contribution in [2.75, 3.05) is 13.1 Å². The molecule has 134 valence electrons. The Bertz CT molecular complexity index is 901. The van der Waals surface area contributed by atoms with E-state index in [4.69, 9.17) is 5.10 Å². The second kappa shape index (κ2) is 7.06. The van der Waals surface area contributed by atoms with E-state index in [-0.39, 0.29) is 6.10 Å². The Morgan fingerprint density at radius 1 is 1.12 bits per heavy atom. The first-order chi connectivity index (χ1) is 12.6. The number of aromatic nitrogens is 2. The third-order valence-corrected chi connectivity index (χ3v) is 5.09. The summed E-state index contributed by atoms with van der Waals surface area (Å²) in [6.45, 7) is 6.71. The van der Waals surface area contributed by atoms with Gasteiger partial charge in [0, 0.05) is 37.0 Å². The van der Waals surface area contributed by atoms with Gasteiger partial charge in [-0.15, -0.1) is 0 Å². The second-order valence-corrected chi connectivity index (χ2v) is 7.28. The van der Waals surface area contributed by atoms with Gasteiger partial charge in [-0.25, -0.2) is 4.68 Å². The third kappa shape index (κ3) is 3.43. The lowest BCUT2D eigenvalue weighted by atomic mass is 10.1. The molecule has 4 rings (SSSR count). The minimum absolute atomic E-state index is 0.204. The first kappa shape index (κ1) is 17.0. The summed E-state index contributed by atoms with van der Waals surface area (Å²) in [5, 5.41) is 14.8. The summed E-state index contributed by atoms with van der Waals surface area (Å²) in [6, 6.07) is 16.8. The predicted molar refractivity (Wildman–Crippen MR) is 104 cm³/mol. The number of hydrogen-bond donors (Lipinski definition) is 1. The van der Waals surface area contributed by atoms with Crippen molar-refractivity contribution in [1.82, 2.24) is 14.7 Å². The van der Waals surface area contributed by atoms with Crippen LogP contribution in [0.4, 0.5) is 0 Å². The van der Waals surface area contributed by atoms with E-state index in [1.165, 1.54) is 16.7 Å². The van der Waals surface area contributed by atoms with E-state index in [1.54, 1.807) is 0 Å². The average Bonchev–Trinajstić information content (AvgIpc) is 3.24. The zero-order valence-corrected chi connectivity index (χ0v) is 15.4. The van der Waals surface area contributed by atoms with Crippen LogP contribution in [0.1, 0.15) is 23.1 Å². The molecule has 2 aromatic carbocycles. The molecule has 0 aliphatic carbocycles. The van der Waals surface area contributed by atoms with Crippen LogP contribution in [0.25, 0.3) is 16.9 Å². The molecule has 26 heavy (non-hydrogen) atoms. The maximum atomic E-state index is 9.85. The second-order valence-electron chi connectivity index (χ2n) is 7.28. The van der Waals surface area contributed by atoms with Crippen molar-refractivity contribution >= 4 is 0 Å². The highest BCUT2D eigenvalue weighted by Gasteiger charge is 2.22. The normalized spacial score (nSPS) is 17.7. The molecular weight excluding hydrogens is 322 g/mol. The van der Waals surface area contributed by atoms with Gasteiger partial charge in [0.2, 0.25) is 0 Å². The molecule has 1 saturated heterocycles. The van der Waals surface area contributed by atoms with Crippen molar-refractivity contribution in [3.63, 3.8) is 0 Å². The van der Waals surface area contributed by atoms with Crippen LogP contribution in [-0.4, -0.2) is 39.0 Å². The molecule has 0 spiro atoms. The highest BCUT2D eigenvalue weighted by atomic mass is 16.3. The molecule has 3 aromatic rings. The Hall–Kier alpha value is -2.43. The Morgan fingerprint density at radius 2 is 1.92 bits per heavy atom. The van der Waals surface area contributed by atoms with Crippen LogP contribution in [0.3, 0.4) is 0 Å². The Balaban J connectivity index is 1.76. The molecule has 1 fully saturated rings. The number of aryl methyl sites for hydroxylation is 2. The van der Waals surface area contributed by atoms with Crippen LogP contribution in [0.15, 0.2) is 54.7 Å². The summed E-state index contributed by atoms with van der Waals surface area (Å²) >= 11 is 0. The number of aliphatic hydroxyl groups excluding tert-OH is 1. The molecule has 1 atom stereocenters. The van der Waals surface area contributed by atoms with Gasteiger partial charge >= 0.3 is 0 Å². The molecule has 4 nitrogen and oxygen atoms in total. The highest BCUT2D eigenvalue weighted by Crippen LogP contribution is 2.27. The molecule has 1 aromatic heterocycles. The van der Waals surface area contributed by atoms with Crippen molar-refractivity contribution in [3.8, 4) is 16.9 Å². The molecular formula is C22H25N3O. The van der Waals surface area contributed by atoms with Crippen molar-refractivity contribution in [2.24, 2.45) is 0 Å². The molecule has 1 aliphatic heterocycles. The van der Waals surface area contributed by atoms with E-state index in [2.05, 4.69) is 67.4 Å². The van der Waals surface area contributed by atoms with Gasteiger partial charge in [-0.2, -0.15) is 5.10 Å². The van der Waals surface area contributed by atoms with Gasteiger partial charge in [0.1, 0.15) is 0 Å². The lowest BCUT2D eigenvalue weighted by Crippen LogP contribution is -2.21. The van der Waals surface area contributed by atoms with Crippen LogP contribution >= 0.6 is 0 Å². The standard InChI is InChI=1S/C22H25N3O/c1-16-8-9-17(2)21(12-16)25-14-19(13-24-11-10-20(26)15-24)22(23-25)18-6-4-3-5-7-18/h3-9,12,14,20,26H,10-11,13,15H2,1-2H3/t20-/m1/s1. The summed E-state index contributed by atoms with van der Waals surface area (Å²) < 4.78 is 2.01. The zero-order valence-electron chi connectivity index (χ0n) is 15.4. The van der Waals surface area contributed by atoms with Gasteiger partial charge in [-0.05, 0) is 37.5 Å². The predicted octanol–water partition coefficient (Wildman–Crippen LogP) is 3.72. The zero-order chi connectivity index (χ0) is 18.1. The molecule has 2 heterocycles. The van der Waals surface area contributed by atoms with Gasteiger partial charge in [-0.1, -0.05) is 42.5 Å². The van der Waals surface area contributed by atoms with Crippen LogP contribution in [-0.2, 0) is 6.54 Å². The summed E-state index contributed by atoms with van der Waals surface area (Å²) in [7, 11) is 0. The quantitative estimate of drug-likeness (QED) is 0.782. The Morgan fingerprint density at radius 3 is 2.65 bits per heavy atom. The maximum absolute atomic E-state index is 9.85. The number of β-amino-alcohol motifs (C(OH)–C–C–N with tert-alkyl or cyclic N) is 1. The minimum Gasteiger partial charge on any atom is -0.392 e. The smallest absolute Gasteiger partial charge is 0.0972 e. The molecule has 0 unspecified atom stereocenters. The number of likely N-dealkylation sites (tertiary alicyclic amines) is 1. The van der Waals surface area contributed by atoms with E-state index in [1.807, 2.05) is 10.7 Å². The van der Waals surface area contributed by atoms with Gasteiger partial charge in [0.05, 0.1) is 17.5 Å². The lowest BCUT2D eigenvalue weighted by Gasteiger charge is -2.14. The Labute approximate surface area is 154 Å². The van der Waals surface area contributed by atoms with Gasteiger partial charge < -0.3 is 5.11 Å². The fraction of sp³-hybridized carbons (Fsp3) is 0.318. The summed E-state index contributed by atoms with van der Waals surface area (Å²) in [4.78, 5) is 2.31. The fourth-order valence-corrected chi connectivity index (χ4v) is 3.65. The Kier molecular flexibility index (Phi) is 4.62. The number of rotatable bonds is 4. The van der Waals surface area contributed by atoms with E-state index in [9.17, 15) is 5.11 Å². The molecule has 0 saturated carbocycles. The lowest BCUT2D eigenvalue weighted by molar-refractivity contribution is 0.175. The largest absolute Gasteiger partial charge is 0.392 e. The summed E-state index contributed by atoms with van der Waals surface area (Å²) in [5.41, 5.74) is 6.91. The van der Waals surface area contributed by atoms with Crippen molar-refractivity contribution in [1.29, 1.82) is 0 Å². The van der Waals surface area contributed by atoms with E-state index < -0.39 is 0 Å². The van der Waals surface area contributed by atoms with E-state index in [0.29, 0.717) is 0 Å². The molecule has 0 amide bonds. The van der Waals surface area contributed by atoms with Crippen molar-refractivity contribution < 1.29 is 5.11 Å². The van der Waals surface area contributed by atoms with Crippen LogP contribution in [0.5, 0.6) is 0 Å². The maximum Gasteiger partial charge on any atom is 0.0972 e.